The van der Waals surface area contributed by atoms with Crippen molar-refractivity contribution in [2.24, 2.45) is 0 Å². The number of benzene rings is 2. The lowest BCUT2D eigenvalue weighted by molar-refractivity contribution is -0.142. The number of carbonyl (C=O) groups excluding carboxylic acids is 2. The number of halogens is 2. The maximum absolute atomic E-state index is 13.1. The fourth-order valence-corrected chi connectivity index (χ4v) is 4.28. The fraction of sp³-hybridized carbons (Fsp3) is 0.417. The highest BCUT2D eigenvalue weighted by molar-refractivity contribution is 14.1. The molecule has 1 N–H and O–H groups in total. The van der Waals surface area contributed by atoms with E-state index < -0.39 is 6.04 Å². The van der Waals surface area contributed by atoms with Crippen LogP contribution in [0.15, 0.2) is 48.5 Å². The average Bonchev–Trinajstić information content (AvgIpc) is 2.78. The molecule has 166 valence electrons. The zero-order valence-corrected chi connectivity index (χ0v) is 20.6. The monoisotopic (exact) mass is 554 g/mol. The molecule has 0 aliphatic heterocycles. The Morgan fingerprint density at radius 2 is 1.81 bits per heavy atom. The van der Waals surface area contributed by atoms with Crippen LogP contribution in [0.1, 0.15) is 44.6 Å². The van der Waals surface area contributed by atoms with Crippen LogP contribution in [0.25, 0.3) is 0 Å². The summed E-state index contributed by atoms with van der Waals surface area (Å²) in [7, 11) is 0. The van der Waals surface area contributed by atoms with Crippen LogP contribution < -0.4 is 10.1 Å². The molecule has 0 heterocycles. The number of nitrogens with one attached hydrogen (secondary N) is 1. The first-order chi connectivity index (χ1) is 14.9. The predicted molar refractivity (Wildman–Crippen MR) is 131 cm³/mol. The molecule has 1 saturated carbocycles. The quantitative estimate of drug-likeness (QED) is 0.457. The second-order valence-electron chi connectivity index (χ2n) is 7.88. The van der Waals surface area contributed by atoms with Crippen molar-refractivity contribution in [3.63, 3.8) is 0 Å². The van der Waals surface area contributed by atoms with Gasteiger partial charge in [0.1, 0.15) is 11.8 Å². The van der Waals surface area contributed by atoms with E-state index in [1.165, 1.54) is 6.42 Å². The zero-order chi connectivity index (χ0) is 22.2. The highest BCUT2D eigenvalue weighted by atomic mass is 127. The third kappa shape index (κ3) is 7.10. The maximum Gasteiger partial charge on any atom is 0.261 e. The molecule has 0 radical (unpaired) electrons. The number of rotatable bonds is 8. The normalized spacial score (nSPS) is 15.2. The largest absolute Gasteiger partial charge is 0.484 e. The Morgan fingerprint density at radius 1 is 1.13 bits per heavy atom. The van der Waals surface area contributed by atoms with Crippen molar-refractivity contribution < 1.29 is 14.3 Å². The van der Waals surface area contributed by atoms with Crippen molar-refractivity contribution in [2.75, 3.05) is 6.61 Å². The Labute approximate surface area is 202 Å². The summed E-state index contributed by atoms with van der Waals surface area (Å²) in [5, 5.41) is 3.70. The van der Waals surface area contributed by atoms with E-state index >= 15 is 0 Å². The van der Waals surface area contributed by atoms with Crippen LogP contribution in [0.3, 0.4) is 0 Å². The van der Waals surface area contributed by atoms with Gasteiger partial charge in [-0.25, -0.2) is 0 Å². The summed E-state index contributed by atoms with van der Waals surface area (Å²) >= 11 is 8.55. The number of carbonyl (C=O) groups is 2. The molecule has 1 fully saturated rings. The van der Waals surface area contributed by atoms with E-state index in [0.29, 0.717) is 10.8 Å². The van der Waals surface area contributed by atoms with Gasteiger partial charge in [0.15, 0.2) is 6.61 Å². The van der Waals surface area contributed by atoms with Gasteiger partial charge in [-0.3, -0.25) is 9.59 Å². The molecule has 0 bridgehead atoms. The summed E-state index contributed by atoms with van der Waals surface area (Å²) in [5.41, 5.74) is 0.795. The van der Waals surface area contributed by atoms with Crippen LogP contribution in [0.4, 0.5) is 0 Å². The zero-order valence-electron chi connectivity index (χ0n) is 17.7. The number of hydrogen-bond acceptors (Lipinski definition) is 3. The van der Waals surface area contributed by atoms with Crippen LogP contribution >= 0.6 is 34.2 Å². The van der Waals surface area contributed by atoms with Gasteiger partial charge < -0.3 is 15.0 Å². The van der Waals surface area contributed by atoms with E-state index in [4.69, 9.17) is 16.3 Å². The minimum absolute atomic E-state index is 0.137. The summed E-state index contributed by atoms with van der Waals surface area (Å²) in [6, 6.07) is 14.4. The molecule has 5 nitrogen and oxygen atoms in total. The topological polar surface area (TPSA) is 58.6 Å². The lowest BCUT2D eigenvalue weighted by atomic mass is 9.95. The fourth-order valence-electron chi connectivity index (χ4n) is 3.72. The molecule has 31 heavy (non-hydrogen) atoms. The number of ether oxygens (including phenoxy) is 1. The number of hydrogen-bond donors (Lipinski definition) is 1. The SMILES string of the molecule is CC(C(=O)NC1CCCCC1)N(Cc1ccccc1Cl)C(=O)COc1ccc(I)cc1. The molecular formula is C24H28ClIN2O3. The van der Waals surface area contributed by atoms with Crippen molar-refractivity contribution in [3.05, 3.63) is 62.7 Å². The van der Waals surface area contributed by atoms with Crippen molar-refractivity contribution in [1.82, 2.24) is 10.2 Å². The first kappa shape index (κ1) is 23.9. The Kier molecular flexibility index (Phi) is 9.02. The molecule has 1 unspecified atom stereocenters. The Morgan fingerprint density at radius 3 is 2.48 bits per heavy atom. The Balaban J connectivity index is 1.71. The van der Waals surface area contributed by atoms with E-state index in [0.717, 1.165) is 34.8 Å². The van der Waals surface area contributed by atoms with Crippen molar-refractivity contribution >= 4 is 46.0 Å². The summed E-state index contributed by atoms with van der Waals surface area (Å²) in [5.74, 6) is 0.220. The summed E-state index contributed by atoms with van der Waals surface area (Å²) in [4.78, 5) is 27.6. The predicted octanol–water partition coefficient (Wildman–Crippen LogP) is 5.19. The average molecular weight is 555 g/mol. The third-order valence-electron chi connectivity index (χ3n) is 5.59. The molecule has 2 aromatic rings. The second kappa shape index (κ2) is 11.7. The summed E-state index contributed by atoms with van der Waals surface area (Å²) < 4.78 is 6.78. The van der Waals surface area contributed by atoms with Crippen LogP contribution in [0.5, 0.6) is 5.75 Å². The molecule has 2 amide bonds. The maximum atomic E-state index is 13.1. The van der Waals surface area contributed by atoms with E-state index in [1.807, 2.05) is 42.5 Å². The standard InChI is InChI=1S/C24H28ClIN2O3/c1-17(24(30)27-20-8-3-2-4-9-20)28(15-18-7-5-6-10-22(18)25)23(29)16-31-21-13-11-19(26)12-14-21/h5-7,10-14,17,20H,2-4,8-9,15-16H2,1H3,(H,27,30). The Hall–Kier alpha value is -1.80. The highest BCUT2D eigenvalue weighted by Crippen LogP contribution is 2.21. The van der Waals surface area contributed by atoms with Crippen LogP contribution in [-0.2, 0) is 16.1 Å². The van der Waals surface area contributed by atoms with Gasteiger partial charge in [-0.15, -0.1) is 0 Å². The molecule has 0 spiro atoms. The van der Waals surface area contributed by atoms with E-state index in [9.17, 15) is 9.59 Å². The van der Waals surface area contributed by atoms with Gasteiger partial charge in [0.05, 0.1) is 0 Å². The van der Waals surface area contributed by atoms with E-state index in [2.05, 4.69) is 27.9 Å². The van der Waals surface area contributed by atoms with E-state index in [-0.39, 0.29) is 31.0 Å². The lowest BCUT2D eigenvalue weighted by Gasteiger charge is -2.31. The molecule has 2 aromatic carbocycles. The number of amides is 2. The van der Waals surface area contributed by atoms with Crippen LogP contribution in [0.2, 0.25) is 5.02 Å². The molecule has 1 aliphatic rings. The minimum atomic E-state index is -0.633. The van der Waals surface area contributed by atoms with Gasteiger partial charge >= 0.3 is 0 Å². The minimum Gasteiger partial charge on any atom is -0.484 e. The third-order valence-corrected chi connectivity index (χ3v) is 6.68. The molecular weight excluding hydrogens is 527 g/mol. The van der Waals surface area contributed by atoms with E-state index in [1.54, 1.807) is 17.9 Å². The van der Waals surface area contributed by atoms with Gasteiger partial charge in [-0.05, 0) is 78.3 Å². The van der Waals surface area contributed by atoms with Gasteiger partial charge in [-0.1, -0.05) is 49.1 Å². The van der Waals surface area contributed by atoms with Gasteiger partial charge in [0.25, 0.3) is 5.91 Å². The first-order valence-electron chi connectivity index (χ1n) is 10.7. The molecule has 0 aromatic heterocycles. The van der Waals surface area contributed by atoms with Gasteiger partial charge in [0, 0.05) is 21.2 Å². The molecule has 3 rings (SSSR count). The summed E-state index contributed by atoms with van der Waals surface area (Å²) in [6.45, 7) is 1.86. The summed E-state index contributed by atoms with van der Waals surface area (Å²) in [6.07, 6.45) is 5.46. The van der Waals surface area contributed by atoms with Crippen LogP contribution in [-0.4, -0.2) is 35.4 Å². The van der Waals surface area contributed by atoms with Gasteiger partial charge in [0.2, 0.25) is 5.91 Å². The second-order valence-corrected chi connectivity index (χ2v) is 9.53. The molecule has 0 saturated heterocycles. The lowest BCUT2D eigenvalue weighted by Crippen LogP contribution is -2.51. The first-order valence-corrected chi connectivity index (χ1v) is 12.1. The smallest absolute Gasteiger partial charge is 0.261 e. The van der Waals surface area contributed by atoms with Crippen molar-refractivity contribution in [2.45, 2.75) is 57.7 Å². The molecule has 7 heteroatoms. The van der Waals surface area contributed by atoms with Gasteiger partial charge in [-0.2, -0.15) is 0 Å². The molecule has 1 aliphatic carbocycles. The molecule has 1 atom stereocenters. The van der Waals surface area contributed by atoms with Crippen LogP contribution in [0, 0.1) is 3.57 Å². The highest BCUT2D eigenvalue weighted by Gasteiger charge is 2.28. The number of nitrogens with zero attached hydrogens (tertiary/aromatic N) is 1. The van der Waals surface area contributed by atoms with Crippen molar-refractivity contribution in [3.8, 4) is 5.75 Å². The van der Waals surface area contributed by atoms with Crippen molar-refractivity contribution in [1.29, 1.82) is 0 Å². The Bertz CT molecular complexity index is 885.